The van der Waals surface area contributed by atoms with Crippen LogP contribution in [0.15, 0.2) is 54.6 Å². The molecular weight excluding hydrogens is 516 g/mol. The number of benzene rings is 3. The SMILES string of the molecule is C=C(C)C(=O)C(O)Cc1c(-n2nc3ccc(Cl)cc3n2)c(O)c(C)c(-n2nc3ccccc3n2)c1C(C)(C)C. The summed E-state index contributed by atoms with van der Waals surface area (Å²) in [6.07, 6.45) is -1.52. The minimum Gasteiger partial charge on any atom is -0.505 e. The molecule has 5 aromatic rings. The van der Waals surface area contributed by atoms with Gasteiger partial charge in [0.15, 0.2) is 5.78 Å². The number of aliphatic hydroxyl groups excluding tert-OH is 1. The summed E-state index contributed by atoms with van der Waals surface area (Å²) in [4.78, 5) is 15.6. The van der Waals surface area contributed by atoms with E-state index in [0.717, 1.165) is 5.56 Å². The van der Waals surface area contributed by atoms with Gasteiger partial charge in [-0.15, -0.1) is 30.0 Å². The van der Waals surface area contributed by atoms with Crippen molar-refractivity contribution in [1.29, 1.82) is 0 Å². The molecule has 5 rings (SSSR count). The lowest BCUT2D eigenvalue weighted by atomic mass is 9.78. The van der Waals surface area contributed by atoms with Crippen LogP contribution >= 0.6 is 11.6 Å². The fourth-order valence-corrected chi connectivity index (χ4v) is 5.04. The number of hydrogen-bond donors (Lipinski definition) is 2. The van der Waals surface area contributed by atoms with Gasteiger partial charge in [0, 0.05) is 17.0 Å². The van der Waals surface area contributed by atoms with Crippen LogP contribution in [0.3, 0.4) is 0 Å². The molecule has 39 heavy (non-hydrogen) atoms. The van der Waals surface area contributed by atoms with Crippen LogP contribution in [-0.4, -0.2) is 52.1 Å². The minimum atomic E-state index is -1.40. The van der Waals surface area contributed by atoms with Gasteiger partial charge in [-0.05, 0) is 66.3 Å². The smallest absolute Gasteiger partial charge is 0.186 e. The van der Waals surface area contributed by atoms with Gasteiger partial charge in [-0.3, -0.25) is 4.79 Å². The van der Waals surface area contributed by atoms with Crippen LogP contribution in [0.4, 0.5) is 0 Å². The number of halogens is 1. The predicted octanol–water partition coefficient (Wildman–Crippen LogP) is 5.17. The van der Waals surface area contributed by atoms with Crippen LogP contribution in [0.1, 0.15) is 44.4 Å². The lowest BCUT2D eigenvalue weighted by Gasteiger charge is -2.30. The van der Waals surface area contributed by atoms with Gasteiger partial charge in [0.25, 0.3) is 0 Å². The Morgan fingerprint density at radius 2 is 1.51 bits per heavy atom. The number of rotatable bonds is 6. The third kappa shape index (κ3) is 4.68. The molecule has 0 saturated heterocycles. The van der Waals surface area contributed by atoms with Gasteiger partial charge in [0.1, 0.15) is 39.6 Å². The van der Waals surface area contributed by atoms with E-state index in [-0.39, 0.29) is 23.4 Å². The lowest BCUT2D eigenvalue weighted by Crippen LogP contribution is -2.28. The number of carbonyl (C=O) groups is 1. The van der Waals surface area contributed by atoms with Crippen molar-refractivity contribution in [2.75, 3.05) is 0 Å². The van der Waals surface area contributed by atoms with Gasteiger partial charge >= 0.3 is 0 Å². The van der Waals surface area contributed by atoms with Gasteiger partial charge in [-0.2, -0.15) is 0 Å². The molecule has 0 radical (unpaired) electrons. The number of phenols is 1. The first-order valence-electron chi connectivity index (χ1n) is 12.5. The first-order valence-corrected chi connectivity index (χ1v) is 12.9. The van der Waals surface area contributed by atoms with Crippen LogP contribution in [0.5, 0.6) is 5.75 Å². The number of aromatic nitrogens is 6. The van der Waals surface area contributed by atoms with Gasteiger partial charge < -0.3 is 10.2 Å². The molecule has 9 nitrogen and oxygen atoms in total. The summed E-state index contributed by atoms with van der Waals surface area (Å²) >= 11 is 6.18. The molecule has 1 unspecified atom stereocenters. The quantitative estimate of drug-likeness (QED) is 0.283. The molecule has 0 aliphatic heterocycles. The summed E-state index contributed by atoms with van der Waals surface area (Å²) in [6.45, 7) is 13.1. The maximum Gasteiger partial charge on any atom is 0.186 e. The Morgan fingerprint density at radius 3 is 2.08 bits per heavy atom. The molecule has 0 fully saturated rings. The van der Waals surface area contributed by atoms with Crippen molar-refractivity contribution < 1.29 is 15.0 Å². The molecule has 0 spiro atoms. The summed E-state index contributed by atoms with van der Waals surface area (Å²) in [5, 5.41) is 41.8. The normalized spacial score (nSPS) is 12.8. The highest BCUT2D eigenvalue weighted by molar-refractivity contribution is 6.31. The van der Waals surface area contributed by atoms with Crippen LogP contribution in [0, 0.1) is 6.92 Å². The molecule has 0 aliphatic carbocycles. The average molecular weight is 545 g/mol. The van der Waals surface area contributed by atoms with Crippen molar-refractivity contribution in [3.05, 3.63) is 76.3 Å². The number of nitrogens with zero attached hydrogens (tertiary/aromatic N) is 6. The summed E-state index contributed by atoms with van der Waals surface area (Å²) in [5.74, 6) is -0.605. The maximum absolute atomic E-state index is 12.8. The largest absolute Gasteiger partial charge is 0.505 e. The molecule has 10 heteroatoms. The highest BCUT2D eigenvalue weighted by atomic mass is 35.5. The zero-order valence-corrected chi connectivity index (χ0v) is 23.2. The maximum atomic E-state index is 12.8. The molecular formula is C29H29ClN6O3. The Balaban J connectivity index is 1.88. The van der Waals surface area contributed by atoms with E-state index in [1.165, 1.54) is 9.59 Å². The number of fused-ring (bicyclic) bond motifs is 2. The fraction of sp³-hybridized carbons (Fsp3) is 0.276. The molecule has 0 bridgehead atoms. The van der Waals surface area contributed by atoms with Gasteiger partial charge in [0.2, 0.25) is 0 Å². The highest BCUT2D eigenvalue weighted by Crippen LogP contribution is 2.43. The Bertz CT molecular complexity index is 1750. The number of carbonyl (C=O) groups excluding carboxylic acids is 1. The van der Waals surface area contributed by atoms with E-state index >= 15 is 0 Å². The van der Waals surface area contributed by atoms with Crippen molar-refractivity contribution in [3.8, 4) is 17.1 Å². The summed E-state index contributed by atoms with van der Waals surface area (Å²) in [6, 6.07) is 12.6. The third-order valence-corrected chi connectivity index (χ3v) is 6.89. The van der Waals surface area contributed by atoms with Crippen molar-refractivity contribution in [2.45, 2.75) is 52.6 Å². The van der Waals surface area contributed by atoms with E-state index in [9.17, 15) is 15.0 Å². The van der Waals surface area contributed by atoms with E-state index in [1.54, 1.807) is 32.0 Å². The summed E-state index contributed by atoms with van der Waals surface area (Å²) < 4.78 is 0. The molecule has 200 valence electrons. The standard InChI is InChI=1S/C29H29ClN6O3/c1-15(2)27(38)23(37)14-18-24(29(4,5)6)25(35-31-19-9-7-8-10-20(19)32-35)16(3)28(39)26(18)36-33-21-12-11-17(30)13-22(21)34-36/h7-13,23,37,39H,1,14H2,2-6H3. The second-order valence-corrected chi connectivity index (χ2v) is 11.2. The Morgan fingerprint density at radius 1 is 0.974 bits per heavy atom. The van der Waals surface area contributed by atoms with E-state index < -0.39 is 17.3 Å². The first kappa shape index (κ1) is 26.5. The molecule has 2 heterocycles. The Kier molecular flexibility index (Phi) is 6.52. The Hall–Kier alpha value is -4.08. The van der Waals surface area contributed by atoms with Crippen LogP contribution in [0.2, 0.25) is 5.02 Å². The lowest BCUT2D eigenvalue weighted by molar-refractivity contribution is -0.123. The van der Waals surface area contributed by atoms with Gasteiger partial charge in [-0.25, -0.2) is 0 Å². The number of phenolic OH excluding ortho intramolecular Hbond substituents is 1. The highest BCUT2D eigenvalue weighted by Gasteiger charge is 2.34. The molecule has 0 saturated carbocycles. The first-order chi connectivity index (χ1) is 18.4. The van der Waals surface area contributed by atoms with Crippen LogP contribution < -0.4 is 0 Å². The molecule has 0 aliphatic rings. The zero-order chi connectivity index (χ0) is 28.2. The number of Topliss-reactive ketones (excluding diaryl/α,β-unsaturated/α-hetero) is 1. The Labute approximate surface area is 230 Å². The molecule has 1 atom stereocenters. The van der Waals surface area contributed by atoms with Gasteiger partial charge in [-0.1, -0.05) is 51.1 Å². The van der Waals surface area contributed by atoms with E-state index in [1.807, 2.05) is 45.0 Å². The molecule has 2 aromatic heterocycles. The molecule has 0 amide bonds. The number of hydrogen-bond acceptors (Lipinski definition) is 7. The minimum absolute atomic E-state index is 0.115. The van der Waals surface area contributed by atoms with E-state index in [4.69, 9.17) is 11.6 Å². The number of aromatic hydroxyl groups is 1. The number of ketones is 1. The second kappa shape index (κ2) is 9.59. The van der Waals surface area contributed by atoms with Crippen molar-refractivity contribution in [2.24, 2.45) is 0 Å². The van der Waals surface area contributed by atoms with E-state index in [2.05, 4.69) is 27.0 Å². The molecule has 3 aromatic carbocycles. The zero-order valence-electron chi connectivity index (χ0n) is 22.4. The summed E-state index contributed by atoms with van der Waals surface area (Å²) in [5.41, 5.74) is 4.73. The topological polar surface area (TPSA) is 119 Å². The molecule has 2 N–H and O–H groups in total. The third-order valence-electron chi connectivity index (χ3n) is 6.66. The fourth-order valence-electron chi connectivity index (χ4n) is 4.87. The second-order valence-electron chi connectivity index (χ2n) is 10.7. The van der Waals surface area contributed by atoms with Crippen molar-refractivity contribution in [3.63, 3.8) is 0 Å². The van der Waals surface area contributed by atoms with Gasteiger partial charge in [0.05, 0.1) is 5.69 Å². The monoisotopic (exact) mass is 544 g/mol. The van der Waals surface area contributed by atoms with Crippen LogP contribution in [0.25, 0.3) is 33.4 Å². The predicted molar refractivity (Wildman–Crippen MR) is 151 cm³/mol. The number of aliphatic hydroxyl groups is 1. The van der Waals surface area contributed by atoms with Crippen molar-refractivity contribution in [1.82, 2.24) is 30.0 Å². The van der Waals surface area contributed by atoms with E-state index in [0.29, 0.717) is 43.9 Å². The van der Waals surface area contributed by atoms with Crippen molar-refractivity contribution >= 4 is 39.5 Å². The van der Waals surface area contributed by atoms with Crippen LogP contribution in [-0.2, 0) is 16.6 Å². The average Bonchev–Trinajstić information content (AvgIpc) is 3.48. The summed E-state index contributed by atoms with van der Waals surface area (Å²) in [7, 11) is 0.